The van der Waals surface area contributed by atoms with Crippen LogP contribution in [0.1, 0.15) is 148 Å². The van der Waals surface area contributed by atoms with E-state index in [1.165, 1.54) is 24.3 Å². The van der Waals surface area contributed by atoms with E-state index in [9.17, 15) is 26.3 Å². The quantitative estimate of drug-likeness (QED) is 0.101. The number of halogens is 6. The normalized spacial score (nSPS) is 24.2. The molecule has 4 heterocycles. The van der Waals surface area contributed by atoms with Crippen molar-refractivity contribution in [2.45, 2.75) is 183 Å². The molecule has 420 valence electrons. The van der Waals surface area contributed by atoms with Crippen LogP contribution in [-0.2, 0) is 18.6 Å². The van der Waals surface area contributed by atoms with E-state index in [2.05, 4.69) is 82.9 Å². The van der Waals surface area contributed by atoms with E-state index in [1.807, 2.05) is 79.7 Å². The van der Waals surface area contributed by atoms with Gasteiger partial charge in [-0.3, -0.25) is 0 Å². The third-order valence-electron chi connectivity index (χ3n) is 16.6. The Labute approximate surface area is 454 Å². The van der Waals surface area contributed by atoms with E-state index in [-0.39, 0.29) is 34.4 Å². The Kier molecular flexibility index (Phi) is 14.9. The second kappa shape index (κ2) is 20.3. The van der Waals surface area contributed by atoms with Crippen LogP contribution in [0.25, 0.3) is 22.1 Å². The third-order valence-corrected chi connectivity index (χ3v) is 16.6. The van der Waals surface area contributed by atoms with E-state index in [0.717, 1.165) is 71.5 Å². The van der Waals surface area contributed by atoms with Crippen LogP contribution in [0, 0.1) is 22.7 Å². The van der Waals surface area contributed by atoms with Crippen molar-refractivity contribution in [1.29, 1.82) is 0 Å². The van der Waals surface area contributed by atoms with Gasteiger partial charge < -0.3 is 47.9 Å². The lowest BCUT2D eigenvalue weighted by atomic mass is 9.70. The summed E-state index contributed by atoms with van der Waals surface area (Å²) in [5.74, 6) is 1.86. The monoisotopic (exact) mass is 1090 g/mol. The summed E-state index contributed by atoms with van der Waals surface area (Å²) >= 11 is 0. The molecule has 0 radical (unpaired) electrons. The number of ether oxygens (including phenoxy) is 2. The van der Waals surface area contributed by atoms with Gasteiger partial charge in [0.1, 0.15) is 11.5 Å². The molecular formula is C58H74B2F6N6O6. The predicted molar refractivity (Wildman–Crippen MR) is 295 cm³/mol. The number of benzene rings is 4. The number of hydrogen-bond donors (Lipinski definition) is 2. The third kappa shape index (κ3) is 12.6. The molecule has 10 rings (SSSR count). The first-order chi connectivity index (χ1) is 36.0. The van der Waals surface area contributed by atoms with Gasteiger partial charge in [-0.2, -0.15) is 0 Å². The number of hydrogen-bond acceptors (Lipinski definition) is 10. The van der Waals surface area contributed by atoms with Crippen LogP contribution in [0.2, 0.25) is 0 Å². The summed E-state index contributed by atoms with van der Waals surface area (Å²) in [5.41, 5.74) is 5.15. The zero-order valence-electron chi connectivity index (χ0n) is 47.3. The summed E-state index contributed by atoms with van der Waals surface area (Å²) in [7, 11) is -1.01. The first kappa shape index (κ1) is 57.3. The average Bonchev–Trinajstić information content (AvgIpc) is 4.19. The molecule has 2 aliphatic heterocycles. The van der Waals surface area contributed by atoms with Gasteiger partial charge >= 0.3 is 27.0 Å². The summed E-state index contributed by atoms with van der Waals surface area (Å²) in [5, 5.41) is 6.72. The zero-order valence-corrected chi connectivity index (χ0v) is 47.3. The van der Waals surface area contributed by atoms with Crippen LogP contribution in [0.5, 0.6) is 11.5 Å². The van der Waals surface area contributed by atoms with Crippen molar-refractivity contribution in [1.82, 2.24) is 19.1 Å². The molecule has 2 aliphatic carbocycles. The van der Waals surface area contributed by atoms with Crippen molar-refractivity contribution >= 4 is 70.5 Å². The molecule has 4 atom stereocenters. The molecule has 0 amide bonds. The van der Waals surface area contributed by atoms with Crippen LogP contribution >= 0.6 is 0 Å². The number of imidazole rings is 2. The Morgan fingerprint density at radius 2 is 0.808 bits per heavy atom. The maximum absolute atomic E-state index is 12.6. The number of nitrogens with one attached hydrogen (secondary N) is 2. The van der Waals surface area contributed by atoms with Gasteiger partial charge in [0.25, 0.3) is 0 Å². The lowest BCUT2D eigenvalue weighted by Gasteiger charge is -2.40. The highest BCUT2D eigenvalue weighted by Gasteiger charge is 2.53. The van der Waals surface area contributed by atoms with Gasteiger partial charge in [0.2, 0.25) is 11.9 Å². The molecular weight excluding hydrogens is 1010 g/mol. The summed E-state index contributed by atoms with van der Waals surface area (Å²) in [6, 6.07) is 24.1. The zero-order chi connectivity index (χ0) is 56.8. The van der Waals surface area contributed by atoms with E-state index in [1.54, 1.807) is 24.3 Å². The standard InChI is InChI=1S/2C29H37BF3N3O3/c2*1-18-14-21(17-26(2,3)16-18)36-24-13-8-19(30-38-27(4,5)28(6,7)39-30)15-23(24)35-25(36)34-20-9-11-22(12-10-20)37-29(31,32)33/h2*8-13,15,18,21H,14,16-17H2,1-7H3,(H,34,35)/t2*18-,21+/m10/s1. The van der Waals surface area contributed by atoms with Crippen LogP contribution in [0.3, 0.4) is 0 Å². The molecule has 4 fully saturated rings. The van der Waals surface area contributed by atoms with Gasteiger partial charge in [-0.05, 0) is 200 Å². The topological polar surface area (TPSA) is 115 Å². The molecule has 6 aromatic rings. The predicted octanol–water partition coefficient (Wildman–Crippen LogP) is 14.7. The van der Waals surface area contributed by atoms with Crippen LogP contribution in [-0.4, -0.2) is 68.5 Å². The fourth-order valence-electron chi connectivity index (χ4n) is 12.1. The molecule has 0 spiro atoms. The summed E-state index contributed by atoms with van der Waals surface area (Å²) in [6.07, 6.45) is -3.13. The Morgan fingerprint density at radius 1 is 0.487 bits per heavy atom. The average molecular weight is 1090 g/mol. The van der Waals surface area contributed by atoms with Crippen molar-refractivity contribution in [3.63, 3.8) is 0 Å². The molecule has 0 unspecified atom stereocenters. The molecule has 2 saturated carbocycles. The summed E-state index contributed by atoms with van der Waals surface area (Å²) in [6.45, 7) is 30.0. The smallest absolute Gasteiger partial charge is 0.406 e. The highest BCUT2D eigenvalue weighted by molar-refractivity contribution is 6.62. The second-order valence-electron chi connectivity index (χ2n) is 25.8. The minimum Gasteiger partial charge on any atom is -0.406 e. The largest absolute Gasteiger partial charge is 0.573 e. The highest BCUT2D eigenvalue weighted by atomic mass is 19.4. The van der Waals surface area contributed by atoms with E-state index in [4.69, 9.17) is 28.6 Å². The van der Waals surface area contributed by atoms with Gasteiger partial charge in [0.05, 0.1) is 44.5 Å². The minimum atomic E-state index is -4.73. The van der Waals surface area contributed by atoms with Crippen molar-refractivity contribution < 1.29 is 54.4 Å². The molecule has 0 bridgehead atoms. The van der Waals surface area contributed by atoms with Gasteiger partial charge in [-0.15, -0.1) is 26.3 Å². The van der Waals surface area contributed by atoms with Crippen molar-refractivity contribution in [2.24, 2.45) is 22.7 Å². The first-order valence-electron chi connectivity index (χ1n) is 27.0. The second-order valence-corrected chi connectivity index (χ2v) is 25.8. The molecule has 12 nitrogen and oxygen atoms in total. The van der Waals surface area contributed by atoms with Gasteiger partial charge in [-0.1, -0.05) is 53.7 Å². The Bertz CT molecular complexity index is 2880. The lowest BCUT2D eigenvalue weighted by molar-refractivity contribution is -0.275. The SMILES string of the molecule is C[C@@H]1C[C@H](n2c(Nc3ccc(OC(F)(F)F)cc3)nc3cc(B4OC(C)(C)C(C)(C)O4)ccc32)CC(C)(C)C1.C[C@H]1C[C@@H](n2c(Nc3ccc(OC(F)(F)F)cc3)nc3cc(B4OC(C)(C)C(C)(C)O4)ccc32)CC(C)(C)C1. The minimum absolute atomic E-state index is 0.176. The van der Waals surface area contributed by atoms with Gasteiger partial charge in [0, 0.05) is 23.5 Å². The molecule has 2 aromatic heterocycles. The number of fused-ring (bicyclic) bond motifs is 2. The van der Waals surface area contributed by atoms with Crippen LogP contribution < -0.4 is 31.0 Å². The number of nitrogens with zero attached hydrogens (tertiary/aromatic N) is 4. The number of alkyl halides is 6. The number of anilines is 4. The van der Waals surface area contributed by atoms with Gasteiger partial charge in [-0.25, -0.2) is 9.97 Å². The molecule has 78 heavy (non-hydrogen) atoms. The van der Waals surface area contributed by atoms with Crippen molar-refractivity contribution in [3.8, 4) is 11.5 Å². The van der Waals surface area contributed by atoms with E-state index >= 15 is 0 Å². The fraction of sp³-hybridized carbons (Fsp3) is 0.552. The van der Waals surface area contributed by atoms with Crippen LogP contribution in [0.4, 0.5) is 49.6 Å². The fourth-order valence-corrected chi connectivity index (χ4v) is 12.1. The first-order valence-corrected chi connectivity index (χ1v) is 27.0. The molecule has 2 saturated heterocycles. The van der Waals surface area contributed by atoms with Gasteiger partial charge in [0.15, 0.2) is 0 Å². The van der Waals surface area contributed by atoms with E-state index in [0.29, 0.717) is 35.1 Å². The van der Waals surface area contributed by atoms with E-state index < -0.39 is 49.4 Å². The van der Waals surface area contributed by atoms with Crippen molar-refractivity contribution in [3.05, 3.63) is 84.9 Å². The molecule has 2 N–H and O–H groups in total. The Balaban J connectivity index is 0.000000190. The molecule has 4 aromatic carbocycles. The number of rotatable bonds is 10. The molecule has 4 aliphatic rings. The Hall–Kier alpha value is -5.43. The maximum Gasteiger partial charge on any atom is 0.573 e. The van der Waals surface area contributed by atoms with Crippen LogP contribution in [0.15, 0.2) is 84.9 Å². The number of aromatic nitrogens is 4. The summed E-state index contributed by atoms with van der Waals surface area (Å²) < 4.78 is 113. The van der Waals surface area contributed by atoms with Crippen molar-refractivity contribution in [2.75, 3.05) is 10.6 Å². The molecule has 20 heteroatoms. The highest BCUT2D eigenvalue weighted by Crippen LogP contribution is 2.48. The maximum atomic E-state index is 12.6. The summed E-state index contributed by atoms with van der Waals surface area (Å²) in [4.78, 5) is 9.94. The lowest BCUT2D eigenvalue weighted by Crippen LogP contribution is -2.41. The Morgan fingerprint density at radius 3 is 1.10 bits per heavy atom.